The van der Waals surface area contributed by atoms with Gasteiger partial charge in [0.25, 0.3) is 0 Å². The molecule has 6 heteroatoms. The number of aryl methyl sites for hydroxylation is 1. The minimum Gasteiger partial charge on any atom is -0.459 e. The Hall–Kier alpha value is -2.76. The van der Waals surface area contributed by atoms with Gasteiger partial charge in [0.05, 0.1) is 6.61 Å². The van der Waals surface area contributed by atoms with E-state index < -0.39 is 5.97 Å². The van der Waals surface area contributed by atoms with Crippen molar-refractivity contribution in [2.45, 2.75) is 6.42 Å². The summed E-state index contributed by atoms with van der Waals surface area (Å²) < 4.78 is 12.4. The SMILES string of the molecule is Cn1nccc1CCOC(=O)c1cc2cc(N)ccc2o1. The van der Waals surface area contributed by atoms with Crippen LogP contribution in [0.5, 0.6) is 0 Å². The molecule has 0 radical (unpaired) electrons. The van der Waals surface area contributed by atoms with Gasteiger partial charge in [-0.15, -0.1) is 0 Å². The summed E-state index contributed by atoms with van der Waals surface area (Å²) >= 11 is 0. The van der Waals surface area contributed by atoms with E-state index in [0.717, 1.165) is 11.1 Å². The van der Waals surface area contributed by atoms with Gasteiger partial charge >= 0.3 is 5.97 Å². The number of carbonyl (C=O) groups is 1. The molecule has 1 aromatic carbocycles. The maximum atomic E-state index is 11.9. The standard InChI is InChI=1S/C15H15N3O3/c1-18-12(4-6-17-18)5-7-20-15(19)14-9-10-8-11(16)2-3-13(10)21-14/h2-4,6,8-9H,5,7,16H2,1H3. The van der Waals surface area contributed by atoms with Gasteiger partial charge in [-0.3, -0.25) is 4.68 Å². The molecule has 6 nitrogen and oxygen atoms in total. The Morgan fingerprint density at radius 2 is 2.24 bits per heavy atom. The first kappa shape index (κ1) is 13.2. The first-order valence-corrected chi connectivity index (χ1v) is 6.56. The number of anilines is 1. The molecular weight excluding hydrogens is 270 g/mol. The van der Waals surface area contributed by atoms with Gasteiger partial charge in [0, 0.05) is 36.4 Å². The lowest BCUT2D eigenvalue weighted by Gasteiger charge is -2.03. The molecule has 0 saturated heterocycles. The Morgan fingerprint density at radius 1 is 1.38 bits per heavy atom. The number of nitrogens with zero attached hydrogens (tertiary/aromatic N) is 2. The topological polar surface area (TPSA) is 83.3 Å². The number of fused-ring (bicyclic) bond motifs is 1. The quantitative estimate of drug-likeness (QED) is 0.586. The van der Waals surface area contributed by atoms with Crippen molar-refractivity contribution < 1.29 is 13.9 Å². The van der Waals surface area contributed by atoms with E-state index in [2.05, 4.69) is 5.10 Å². The van der Waals surface area contributed by atoms with E-state index in [1.54, 1.807) is 35.1 Å². The fourth-order valence-electron chi connectivity index (χ4n) is 2.13. The zero-order valence-electron chi connectivity index (χ0n) is 11.6. The lowest BCUT2D eigenvalue weighted by Crippen LogP contribution is -2.09. The highest BCUT2D eigenvalue weighted by molar-refractivity contribution is 5.93. The Labute approximate surface area is 121 Å². The summed E-state index contributed by atoms with van der Waals surface area (Å²) in [6, 6.07) is 8.74. The highest BCUT2D eigenvalue weighted by Crippen LogP contribution is 2.22. The Bertz CT molecular complexity index is 788. The fraction of sp³-hybridized carbons (Fsp3) is 0.200. The van der Waals surface area contributed by atoms with Crippen LogP contribution < -0.4 is 5.73 Å². The van der Waals surface area contributed by atoms with Crippen LogP contribution in [-0.4, -0.2) is 22.4 Å². The number of nitrogens with two attached hydrogens (primary N) is 1. The van der Waals surface area contributed by atoms with Crippen LogP contribution in [0.2, 0.25) is 0 Å². The van der Waals surface area contributed by atoms with Crippen LogP contribution in [0.4, 0.5) is 5.69 Å². The number of esters is 1. The molecule has 0 atom stereocenters. The summed E-state index contributed by atoms with van der Waals surface area (Å²) in [7, 11) is 1.85. The number of ether oxygens (including phenoxy) is 1. The molecule has 108 valence electrons. The van der Waals surface area contributed by atoms with Crippen LogP contribution >= 0.6 is 0 Å². The van der Waals surface area contributed by atoms with Crippen LogP contribution in [0.15, 0.2) is 40.9 Å². The monoisotopic (exact) mass is 285 g/mol. The lowest BCUT2D eigenvalue weighted by atomic mass is 10.2. The highest BCUT2D eigenvalue weighted by atomic mass is 16.5. The average molecular weight is 285 g/mol. The molecule has 0 unspecified atom stereocenters. The zero-order valence-corrected chi connectivity index (χ0v) is 11.6. The van der Waals surface area contributed by atoms with E-state index >= 15 is 0 Å². The molecule has 0 aliphatic rings. The second-order valence-electron chi connectivity index (χ2n) is 4.74. The number of carbonyl (C=O) groups excluding carboxylic acids is 1. The number of nitrogen functional groups attached to an aromatic ring is 1. The first-order valence-electron chi connectivity index (χ1n) is 6.56. The van der Waals surface area contributed by atoms with Crippen molar-refractivity contribution in [1.82, 2.24) is 9.78 Å². The summed E-state index contributed by atoms with van der Waals surface area (Å²) in [4.78, 5) is 11.9. The fourth-order valence-corrected chi connectivity index (χ4v) is 2.13. The zero-order chi connectivity index (χ0) is 14.8. The van der Waals surface area contributed by atoms with Crippen LogP contribution in [0.25, 0.3) is 11.0 Å². The van der Waals surface area contributed by atoms with Crippen molar-refractivity contribution in [3.05, 3.63) is 48.0 Å². The highest BCUT2D eigenvalue weighted by Gasteiger charge is 2.14. The van der Waals surface area contributed by atoms with Gasteiger partial charge in [-0.25, -0.2) is 4.79 Å². The van der Waals surface area contributed by atoms with Gasteiger partial charge in [0.15, 0.2) is 0 Å². The lowest BCUT2D eigenvalue weighted by molar-refractivity contribution is 0.0474. The van der Waals surface area contributed by atoms with E-state index in [1.807, 2.05) is 13.1 Å². The Kier molecular flexibility index (Phi) is 3.35. The minimum absolute atomic E-state index is 0.181. The van der Waals surface area contributed by atoms with Gasteiger partial charge in [-0.05, 0) is 30.3 Å². The van der Waals surface area contributed by atoms with Crippen molar-refractivity contribution in [3.8, 4) is 0 Å². The number of rotatable bonds is 4. The van der Waals surface area contributed by atoms with Crippen molar-refractivity contribution >= 4 is 22.6 Å². The van der Waals surface area contributed by atoms with E-state index in [-0.39, 0.29) is 12.4 Å². The van der Waals surface area contributed by atoms with Crippen LogP contribution in [-0.2, 0) is 18.2 Å². The summed E-state index contributed by atoms with van der Waals surface area (Å²) in [5.74, 6) is -0.299. The molecule has 0 aliphatic heterocycles. The predicted molar refractivity (Wildman–Crippen MR) is 77.8 cm³/mol. The minimum atomic E-state index is -0.480. The van der Waals surface area contributed by atoms with Crippen LogP contribution in [0.1, 0.15) is 16.2 Å². The molecule has 0 amide bonds. The molecule has 0 spiro atoms. The second-order valence-corrected chi connectivity index (χ2v) is 4.74. The Morgan fingerprint density at radius 3 is 3.00 bits per heavy atom. The van der Waals surface area contributed by atoms with Gasteiger partial charge < -0.3 is 14.9 Å². The second kappa shape index (κ2) is 5.32. The van der Waals surface area contributed by atoms with Crippen LogP contribution in [0.3, 0.4) is 0 Å². The third-order valence-corrected chi connectivity index (χ3v) is 3.26. The molecule has 0 bridgehead atoms. The molecular formula is C15H15N3O3. The molecule has 2 aromatic heterocycles. The van der Waals surface area contributed by atoms with Gasteiger partial charge in [-0.1, -0.05) is 0 Å². The molecule has 2 N–H and O–H groups in total. The van der Waals surface area contributed by atoms with Gasteiger partial charge in [0.1, 0.15) is 5.58 Å². The van der Waals surface area contributed by atoms with E-state index in [9.17, 15) is 4.79 Å². The van der Waals surface area contributed by atoms with E-state index in [0.29, 0.717) is 17.7 Å². The number of benzene rings is 1. The summed E-state index contributed by atoms with van der Waals surface area (Å²) in [6.07, 6.45) is 2.32. The molecule has 0 aliphatic carbocycles. The molecule has 3 rings (SSSR count). The molecule has 2 heterocycles. The third kappa shape index (κ3) is 2.74. The molecule has 0 fully saturated rings. The number of hydrogen-bond acceptors (Lipinski definition) is 5. The Balaban J connectivity index is 1.65. The van der Waals surface area contributed by atoms with Crippen molar-refractivity contribution in [1.29, 1.82) is 0 Å². The van der Waals surface area contributed by atoms with E-state index in [1.165, 1.54) is 0 Å². The average Bonchev–Trinajstić information content (AvgIpc) is 3.05. The summed E-state index contributed by atoms with van der Waals surface area (Å²) in [5.41, 5.74) is 7.93. The number of aromatic nitrogens is 2. The molecule has 21 heavy (non-hydrogen) atoms. The third-order valence-electron chi connectivity index (χ3n) is 3.26. The summed E-state index contributed by atoms with van der Waals surface area (Å²) in [5, 5.41) is 4.84. The number of hydrogen-bond donors (Lipinski definition) is 1. The largest absolute Gasteiger partial charge is 0.459 e. The first-order chi connectivity index (χ1) is 10.1. The van der Waals surface area contributed by atoms with Crippen molar-refractivity contribution in [2.75, 3.05) is 12.3 Å². The smallest absolute Gasteiger partial charge is 0.374 e. The maximum Gasteiger partial charge on any atom is 0.374 e. The predicted octanol–water partition coefficient (Wildman–Crippen LogP) is 2.15. The van der Waals surface area contributed by atoms with Crippen molar-refractivity contribution in [2.24, 2.45) is 7.05 Å². The van der Waals surface area contributed by atoms with Gasteiger partial charge in [-0.2, -0.15) is 5.10 Å². The van der Waals surface area contributed by atoms with E-state index in [4.69, 9.17) is 14.9 Å². The maximum absolute atomic E-state index is 11.9. The summed E-state index contributed by atoms with van der Waals surface area (Å²) in [6.45, 7) is 0.275. The molecule has 3 aromatic rings. The normalized spacial score (nSPS) is 10.9. The van der Waals surface area contributed by atoms with Gasteiger partial charge in [0.2, 0.25) is 5.76 Å². The van der Waals surface area contributed by atoms with Crippen LogP contribution in [0, 0.1) is 0 Å². The number of furan rings is 1. The molecule has 0 saturated carbocycles. The van der Waals surface area contributed by atoms with Crippen molar-refractivity contribution in [3.63, 3.8) is 0 Å².